The zero-order valence-corrected chi connectivity index (χ0v) is 15.7. The Bertz CT molecular complexity index is 554. The van der Waals surface area contributed by atoms with Crippen LogP contribution in [0.3, 0.4) is 0 Å². The number of β-amino-alcohol motifs (C(OH)–C–C–N with tert-alkyl or cyclic N) is 1. The number of anilines is 1. The molecule has 0 amide bonds. The summed E-state index contributed by atoms with van der Waals surface area (Å²) in [6.07, 6.45) is 1.27. The number of hydrogen-bond acceptors (Lipinski definition) is 4. The summed E-state index contributed by atoms with van der Waals surface area (Å²) < 4.78 is 5.68. The van der Waals surface area contributed by atoms with Gasteiger partial charge in [0.2, 0.25) is 0 Å². The van der Waals surface area contributed by atoms with Crippen molar-refractivity contribution < 1.29 is 9.84 Å². The number of halogens is 1. The topological polar surface area (TPSA) is 35.9 Å². The first-order valence-electron chi connectivity index (χ1n) is 8.50. The van der Waals surface area contributed by atoms with Crippen molar-refractivity contribution in [3.05, 3.63) is 41.4 Å². The van der Waals surface area contributed by atoms with Crippen LogP contribution in [0.1, 0.15) is 19.4 Å². The van der Waals surface area contributed by atoms with Crippen molar-refractivity contribution in [3.8, 4) is 0 Å². The zero-order chi connectivity index (χ0) is 17.7. The molecular weight excluding hydrogens is 324 g/mol. The van der Waals surface area contributed by atoms with Crippen molar-refractivity contribution in [2.45, 2.75) is 32.5 Å². The average molecular weight is 353 g/mol. The van der Waals surface area contributed by atoms with Gasteiger partial charge in [0.25, 0.3) is 0 Å². The lowest BCUT2D eigenvalue weighted by Gasteiger charge is -2.37. The number of benzene rings is 1. The van der Waals surface area contributed by atoms with Gasteiger partial charge in [0.1, 0.15) is 0 Å². The van der Waals surface area contributed by atoms with Crippen LogP contribution in [0.15, 0.2) is 30.9 Å². The fourth-order valence-corrected chi connectivity index (χ4v) is 2.98. The summed E-state index contributed by atoms with van der Waals surface area (Å²) in [5, 5.41) is 11.0. The molecule has 2 rings (SSSR count). The molecule has 0 unspecified atom stereocenters. The van der Waals surface area contributed by atoms with Gasteiger partial charge in [0, 0.05) is 43.4 Å². The molecule has 1 aromatic carbocycles. The predicted molar refractivity (Wildman–Crippen MR) is 101 cm³/mol. The first-order chi connectivity index (χ1) is 11.3. The lowest BCUT2D eigenvalue weighted by atomic mass is 10.1. The quantitative estimate of drug-likeness (QED) is 0.765. The highest BCUT2D eigenvalue weighted by Crippen LogP contribution is 2.25. The number of aliphatic hydroxyl groups is 1. The summed E-state index contributed by atoms with van der Waals surface area (Å²) in [5.41, 5.74) is 2.05. The molecule has 1 fully saturated rings. The average Bonchev–Trinajstić information content (AvgIpc) is 2.56. The fourth-order valence-electron chi connectivity index (χ4n) is 2.82. The van der Waals surface area contributed by atoms with Crippen LogP contribution in [0.2, 0.25) is 5.02 Å². The van der Waals surface area contributed by atoms with E-state index in [1.807, 2.05) is 26.0 Å². The SMILES string of the molecule is C=CC(C)(C)OC[C@H](O)CN1CCN(c2cc(Cl)ccc2C)CC1. The van der Waals surface area contributed by atoms with Crippen LogP contribution in [-0.4, -0.2) is 61.0 Å². The molecule has 1 saturated heterocycles. The third-order valence-corrected chi connectivity index (χ3v) is 4.73. The van der Waals surface area contributed by atoms with E-state index in [0.717, 1.165) is 31.2 Å². The maximum atomic E-state index is 10.2. The minimum absolute atomic E-state index is 0.326. The minimum Gasteiger partial charge on any atom is -0.389 e. The number of hydrogen-bond donors (Lipinski definition) is 1. The van der Waals surface area contributed by atoms with Gasteiger partial charge in [-0.1, -0.05) is 23.7 Å². The molecule has 1 atom stereocenters. The molecule has 1 aliphatic heterocycles. The molecule has 0 bridgehead atoms. The molecule has 1 heterocycles. The van der Waals surface area contributed by atoms with Crippen LogP contribution < -0.4 is 4.90 Å². The minimum atomic E-state index is -0.483. The molecule has 0 aromatic heterocycles. The van der Waals surface area contributed by atoms with Crippen molar-refractivity contribution in [2.24, 2.45) is 0 Å². The van der Waals surface area contributed by atoms with Gasteiger partial charge in [-0.3, -0.25) is 4.90 Å². The summed E-state index contributed by atoms with van der Waals surface area (Å²) in [6, 6.07) is 6.02. The number of rotatable bonds is 7. The molecule has 1 aromatic rings. The number of nitrogens with zero attached hydrogens (tertiary/aromatic N) is 2. The van der Waals surface area contributed by atoms with Crippen molar-refractivity contribution in [1.82, 2.24) is 4.90 Å². The lowest BCUT2D eigenvalue weighted by molar-refractivity contribution is -0.0420. The van der Waals surface area contributed by atoms with Crippen LogP contribution in [-0.2, 0) is 4.74 Å². The molecule has 0 aliphatic carbocycles. The smallest absolute Gasteiger partial charge is 0.0900 e. The fraction of sp³-hybridized carbons (Fsp3) is 0.579. The molecule has 0 radical (unpaired) electrons. The van der Waals surface area contributed by atoms with Gasteiger partial charge in [0.15, 0.2) is 0 Å². The van der Waals surface area contributed by atoms with Crippen molar-refractivity contribution in [2.75, 3.05) is 44.2 Å². The molecule has 1 aliphatic rings. The Kier molecular flexibility index (Phi) is 6.70. The lowest BCUT2D eigenvalue weighted by Crippen LogP contribution is -2.49. The molecule has 0 saturated carbocycles. The zero-order valence-electron chi connectivity index (χ0n) is 15.0. The Morgan fingerprint density at radius 3 is 2.62 bits per heavy atom. The standard InChI is InChI=1S/C19H29ClN2O2/c1-5-19(3,4)24-14-17(23)13-21-8-10-22(11-9-21)18-12-16(20)7-6-15(18)2/h5-7,12,17,23H,1,8-11,13-14H2,2-4H3/t17-/m1/s1. The maximum absolute atomic E-state index is 10.2. The van der Waals surface area contributed by atoms with E-state index in [1.165, 1.54) is 11.3 Å². The van der Waals surface area contributed by atoms with Crippen molar-refractivity contribution in [3.63, 3.8) is 0 Å². The second kappa shape index (κ2) is 8.34. The summed E-state index contributed by atoms with van der Waals surface area (Å²) in [6.45, 7) is 14.4. The first-order valence-corrected chi connectivity index (χ1v) is 8.87. The van der Waals surface area contributed by atoms with E-state index in [9.17, 15) is 5.11 Å². The Morgan fingerprint density at radius 1 is 1.33 bits per heavy atom. The van der Waals surface area contributed by atoms with Gasteiger partial charge in [-0.25, -0.2) is 0 Å². The van der Waals surface area contributed by atoms with Gasteiger partial charge in [-0.2, -0.15) is 0 Å². The van der Waals surface area contributed by atoms with Crippen LogP contribution in [0.25, 0.3) is 0 Å². The molecule has 1 N–H and O–H groups in total. The van der Waals surface area contributed by atoms with Gasteiger partial charge in [-0.05, 0) is 38.5 Å². The summed E-state index contributed by atoms with van der Waals surface area (Å²) in [7, 11) is 0. The summed E-state index contributed by atoms with van der Waals surface area (Å²) >= 11 is 6.13. The first kappa shape index (κ1) is 19.3. The molecule has 5 heteroatoms. The Morgan fingerprint density at radius 2 is 2.00 bits per heavy atom. The molecule has 24 heavy (non-hydrogen) atoms. The summed E-state index contributed by atoms with van der Waals surface area (Å²) in [5.74, 6) is 0. The Labute approximate surface area is 150 Å². The van der Waals surface area contributed by atoms with Gasteiger partial charge >= 0.3 is 0 Å². The van der Waals surface area contributed by atoms with Crippen molar-refractivity contribution in [1.29, 1.82) is 0 Å². The normalized spacial score (nSPS) is 17.8. The van der Waals surface area contributed by atoms with E-state index >= 15 is 0 Å². The van der Waals surface area contributed by atoms with Crippen LogP contribution in [0.5, 0.6) is 0 Å². The van der Waals surface area contributed by atoms with Crippen LogP contribution >= 0.6 is 11.6 Å². The van der Waals surface area contributed by atoms with Crippen LogP contribution in [0, 0.1) is 6.92 Å². The number of ether oxygens (including phenoxy) is 1. The van der Waals surface area contributed by atoms with E-state index in [0.29, 0.717) is 13.2 Å². The van der Waals surface area contributed by atoms with Crippen LogP contribution in [0.4, 0.5) is 5.69 Å². The third-order valence-electron chi connectivity index (χ3n) is 4.49. The Hall–Kier alpha value is -1.07. The third kappa shape index (κ3) is 5.49. The van der Waals surface area contributed by atoms with E-state index in [-0.39, 0.29) is 0 Å². The maximum Gasteiger partial charge on any atom is 0.0900 e. The van der Waals surface area contributed by atoms with E-state index in [4.69, 9.17) is 16.3 Å². The molecule has 134 valence electrons. The monoisotopic (exact) mass is 352 g/mol. The summed E-state index contributed by atoms with van der Waals surface area (Å²) in [4.78, 5) is 4.65. The largest absolute Gasteiger partial charge is 0.389 e. The van der Waals surface area contributed by atoms with E-state index in [2.05, 4.69) is 29.4 Å². The Balaban J connectivity index is 1.80. The number of aryl methyl sites for hydroxylation is 1. The highest BCUT2D eigenvalue weighted by Gasteiger charge is 2.22. The van der Waals surface area contributed by atoms with E-state index in [1.54, 1.807) is 6.08 Å². The molecular formula is C19H29ClN2O2. The highest BCUT2D eigenvalue weighted by molar-refractivity contribution is 6.30. The molecule has 4 nitrogen and oxygen atoms in total. The number of aliphatic hydroxyl groups excluding tert-OH is 1. The van der Waals surface area contributed by atoms with Gasteiger partial charge in [-0.15, -0.1) is 6.58 Å². The highest BCUT2D eigenvalue weighted by atomic mass is 35.5. The van der Waals surface area contributed by atoms with Gasteiger partial charge < -0.3 is 14.7 Å². The second-order valence-electron chi connectivity index (χ2n) is 6.99. The molecule has 0 spiro atoms. The second-order valence-corrected chi connectivity index (χ2v) is 7.43. The van der Waals surface area contributed by atoms with Crippen molar-refractivity contribution >= 4 is 17.3 Å². The number of piperazine rings is 1. The predicted octanol–water partition coefficient (Wildman–Crippen LogP) is 3.11. The van der Waals surface area contributed by atoms with E-state index < -0.39 is 11.7 Å². The van der Waals surface area contributed by atoms with Gasteiger partial charge in [0.05, 0.1) is 18.3 Å².